The van der Waals surface area contributed by atoms with Gasteiger partial charge >= 0.3 is 5.97 Å². The van der Waals surface area contributed by atoms with Gasteiger partial charge in [-0.1, -0.05) is 49.7 Å². The van der Waals surface area contributed by atoms with Gasteiger partial charge in [-0.05, 0) is 43.5 Å². The summed E-state index contributed by atoms with van der Waals surface area (Å²) in [6.07, 6.45) is 1.69. The SMILES string of the molecule is CCCC1=C(C(=O)OCC)C(c2ccccc2C)n2c(nc3ccccc32)N1. The number of nitrogens with zero attached hydrogens (tertiary/aromatic N) is 2. The van der Waals surface area contributed by atoms with Crippen LogP contribution >= 0.6 is 0 Å². The molecule has 0 spiro atoms. The lowest BCUT2D eigenvalue weighted by molar-refractivity contribution is -0.139. The second-order valence-corrected chi connectivity index (χ2v) is 7.04. The van der Waals surface area contributed by atoms with Crippen LogP contribution in [0.1, 0.15) is 43.9 Å². The normalized spacial score (nSPS) is 16.0. The molecule has 28 heavy (non-hydrogen) atoms. The van der Waals surface area contributed by atoms with Gasteiger partial charge < -0.3 is 10.1 Å². The Morgan fingerprint density at radius 3 is 2.64 bits per heavy atom. The molecule has 1 N–H and O–H groups in total. The molecule has 144 valence electrons. The quantitative estimate of drug-likeness (QED) is 0.639. The van der Waals surface area contributed by atoms with Crippen molar-refractivity contribution in [3.63, 3.8) is 0 Å². The standard InChI is InChI=1S/C23H25N3O2/c1-4-10-18-20(22(27)28-5-2)21(16-12-7-6-11-15(16)3)26-19-14-9-8-13-17(19)24-23(26)25-18/h6-9,11-14,21H,4-5,10H2,1-3H3,(H,24,25). The second-order valence-electron chi connectivity index (χ2n) is 7.04. The minimum atomic E-state index is -0.273. The van der Waals surface area contributed by atoms with E-state index in [1.54, 1.807) is 0 Å². The van der Waals surface area contributed by atoms with Gasteiger partial charge in [0.1, 0.15) is 0 Å². The van der Waals surface area contributed by atoms with Gasteiger partial charge in [0.25, 0.3) is 0 Å². The van der Waals surface area contributed by atoms with Gasteiger partial charge in [-0.3, -0.25) is 4.57 Å². The first kappa shape index (κ1) is 18.3. The van der Waals surface area contributed by atoms with Gasteiger partial charge in [0.15, 0.2) is 0 Å². The highest BCUT2D eigenvalue weighted by atomic mass is 16.5. The Balaban J connectivity index is 2.02. The van der Waals surface area contributed by atoms with Gasteiger partial charge in [0, 0.05) is 5.70 Å². The van der Waals surface area contributed by atoms with E-state index in [0.29, 0.717) is 12.2 Å². The maximum absolute atomic E-state index is 13.1. The molecule has 1 aliphatic heterocycles. The zero-order valence-corrected chi connectivity index (χ0v) is 16.5. The lowest BCUT2D eigenvalue weighted by Crippen LogP contribution is -2.30. The van der Waals surface area contributed by atoms with Crippen molar-refractivity contribution in [2.24, 2.45) is 0 Å². The van der Waals surface area contributed by atoms with Crippen molar-refractivity contribution >= 4 is 23.0 Å². The number of esters is 1. The molecule has 0 saturated carbocycles. The first-order valence-electron chi connectivity index (χ1n) is 9.85. The molecule has 0 bridgehead atoms. The number of nitrogens with one attached hydrogen (secondary N) is 1. The van der Waals surface area contributed by atoms with Crippen molar-refractivity contribution in [2.75, 3.05) is 11.9 Å². The first-order chi connectivity index (χ1) is 13.7. The average Bonchev–Trinajstić information content (AvgIpc) is 3.06. The number of benzene rings is 2. The van der Waals surface area contributed by atoms with Gasteiger partial charge in [0.05, 0.1) is 29.3 Å². The molecule has 1 atom stereocenters. The maximum Gasteiger partial charge on any atom is 0.338 e. The zero-order chi connectivity index (χ0) is 19.7. The molecule has 0 saturated heterocycles. The van der Waals surface area contributed by atoms with Gasteiger partial charge in [0.2, 0.25) is 5.95 Å². The number of carbonyl (C=O) groups is 1. The van der Waals surface area contributed by atoms with Crippen LogP contribution < -0.4 is 5.32 Å². The largest absolute Gasteiger partial charge is 0.463 e. The van der Waals surface area contributed by atoms with Crippen LogP contribution in [0.25, 0.3) is 11.0 Å². The summed E-state index contributed by atoms with van der Waals surface area (Å²) in [7, 11) is 0. The van der Waals surface area contributed by atoms with Crippen molar-refractivity contribution < 1.29 is 9.53 Å². The molecular weight excluding hydrogens is 350 g/mol. The van der Waals surface area contributed by atoms with Crippen LogP contribution in [-0.2, 0) is 9.53 Å². The molecule has 4 rings (SSSR count). The molecule has 0 fully saturated rings. The third-order valence-electron chi connectivity index (χ3n) is 5.19. The number of anilines is 1. The Morgan fingerprint density at radius 1 is 1.14 bits per heavy atom. The highest BCUT2D eigenvalue weighted by molar-refractivity contribution is 5.94. The van der Waals surface area contributed by atoms with Crippen LogP contribution in [0.2, 0.25) is 0 Å². The number of para-hydroxylation sites is 2. The van der Waals surface area contributed by atoms with Gasteiger partial charge in [-0.15, -0.1) is 0 Å². The van der Waals surface area contributed by atoms with Crippen molar-refractivity contribution in [1.29, 1.82) is 0 Å². The van der Waals surface area contributed by atoms with E-state index in [2.05, 4.69) is 35.9 Å². The monoisotopic (exact) mass is 375 g/mol. The lowest BCUT2D eigenvalue weighted by atomic mass is 9.91. The minimum Gasteiger partial charge on any atom is -0.463 e. The number of carbonyl (C=O) groups excluding carboxylic acids is 1. The molecule has 2 aromatic carbocycles. The number of aryl methyl sites for hydroxylation is 1. The summed E-state index contributed by atoms with van der Waals surface area (Å²) in [4.78, 5) is 17.9. The summed E-state index contributed by atoms with van der Waals surface area (Å²) < 4.78 is 7.61. The Hall–Kier alpha value is -3.08. The minimum absolute atomic E-state index is 0.268. The predicted octanol–water partition coefficient (Wildman–Crippen LogP) is 4.98. The van der Waals surface area contributed by atoms with Crippen LogP contribution in [0.3, 0.4) is 0 Å². The lowest BCUT2D eigenvalue weighted by Gasteiger charge is -2.32. The highest BCUT2D eigenvalue weighted by Gasteiger charge is 2.36. The summed E-state index contributed by atoms with van der Waals surface area (Å²) in [5.74, 6) is 0.501. The Kier molecular flexibility index (Phi) is 4.90. The summed E-state index contributed by atoms with van der Waals surface area (Å²) in [6.45, 7) is 6.38. The van der Waals surface area contributed by atoms with Crippen molar-refractivity contribution in [1.82, 2.24) is 9.55 Å². The van der Waals surface area contributed by atoms with Crippen LogP contribution in [0.15, 0.2) is 59.8 Å². The molecule has 1 aliphatic rings. The number of hydrogen-bond acceptors (Lipinski definition) is 4. The van der Waals surface area contributed by atoms with Crippen molar-refractivity contribution in [2.45, 2.75) is 39.7 Å². The van der Waals surface area contributed by atoms with Crippen molar-refractivity contribution in [3.8, 4) is 0 Å². The predicted molar refractivity (Wildman–Crippen MR) is 111 cm³/mol. The highest BCUT2D eigenvalue weighted by Crippen LogP contribution is 2.41. The third-order valence-corrected chi connectivity index (χ3v) is 5.19. The Labute approximate surface area is 165 Å². The van der Waals surface area contributed by atoms with E-state index in [1.165, 1.54) is 0 Å². The molecule has 1 unspecified atom stereocenters. The summed E-state index contributed by atoms with van der Waals surface area (Å²) in [5, 5.41) is 3.43. The molecule has 0 amide bonds. The summed E-state index contributed by atoms with van der Waals surface area (Å²) in [5.41, 5.74) is 5.70. The topological polar surface area (TPSA) is 56.2 Å². The number of hydrogen-bond donors (Lipinski definition) is 1. The molecule has 0 radical (unpaired) electrons. The number of aromatic nitrogens is 2. The number of imidazole rings is 1. The Bertz CT molecular complexity index is 1060. The van der Waals surface area contributed by atoms with Crippen LogP contribution in [0.4, 0.5) is 5.95 Å². The van der Waals surface area contributed by atoms with Crippen LogP contribution in [0.5, 0.6) is 0 Å². The van der Waals surface area contributed by atoms with Gasteiger partial charge in [-0.25, -0.2) is 9.78 Å². The molecule has 2 heterocycles. The van der Waals surface area contributed by atoms with E-state index in [0.717, 1.165) is 46.6 Å². The number of allylic oxidation sites excluding steroid dienone is 1. The molecule has 1 aromatic heterocycles. The van der Waals surface area contributed by atoms with E-state index in [1.807, 2.05) is 43.3 Å². The smallest absolute Gasteiger partial charge is 0.338 e. The fourth-order valence-electron chi connectivity index (χ4n) is 3.97. The maximum atomic E-state index is 13.1. The number of ether oxygens (including phenoxy) is 1. The number of fused-ring (bicyclic) bond motifs is 3. The van der Waals surface area contributed by atoms with Crippen molar-refractivity contribution in [3.05, 3.63) is 70.9 Å². The van der Waals surface area contributed by atoms with E-state index >= 15 is 0 Å². The molecular formula is C23H25N3O2. The van der Waals surface area contributed by atoms with E-state index in [9.17, 15) is 4.79 Å². The molecule has 5 nitrogen and oxygen atoms in total. The average molecular weight is 375 g/mol. The molecule has 0 aliphatic carbocycles. The Morgan fingerprint density at radius 2 is 1.89 bits per heavy atom. The first-order valence-corrected chi connectivity index (χ1v) is 9.85. The van der Waals surface area contributed by atoms with E-state index in [4.69, 9.17) is 9.72 Å². The van der Waals surface area contributed by atoms with Crippen LogP contribution in [0, 0.1) is 6.92 Å². The second kappa shape index (κ2) is 7.50. The fraction of sp³-hybridized carbons (Fsp3) is 0.304. The molecule has 3 aromatic rings. The fourth-order valence-corrected chi connectivity index (χ4v) is 3.97. The summed E-state index contributed by atoms with van der Waals surface area (Å²) in [6, 6.07) is 16.0. The van der Waals surface area contributed by atoms with Gasteiger partial charge in [-0.2, -0.15) is 0 Å². The molecule has 5 heteroatoms. The van der Waals surface area contributed by atoms with E-state index < -0.39 is 0 Å². The number of rotatable bonds is 5. The van der Waals surface area contributed by atoms with Crippen LogP contribution in [-0.4, -0.2) is 22.1 Å². The third kappa shape index (κ3) is 2.97. The van der Waals surface area contributed by atoms with E-state index in [-0.39, 0.29) is 12.0 Å². The zero-order valence-electron chi connectivity index (χ0n) is 16.5. The summed E-state index contributed by atoms with van der Waals surface area (Å²) >= 11 is 0.